The lowest BCUT2D eigenvalue weighted by Gasteiger charge is -2.41. The number of aliphatic hydroxyl groups is 1. The van der Waals surface area contributed by atoms with Gasteiger partial charge in [0, 0.05) is 0 Å². The molecule has 0 aromatic carbocycles. The fourth-order valence-corrected chi connectivity index (χ4v) is 5.77. The number of hydrogen-bond acceptors (Lipinski definition) is 14. The molecule has 0 aliphatic carbocycles. The maximum Gasteiger partial charge on any atom is 0.490 e. The number of aliphatic hydroxyl groups excluding tert-OH is 1. The molecule has 2 aliphatic rings. The molecule has 1 aromatic heterocycles. The van der Waals surface area contributed by atoms with E-state index in [1.165, 1.54) is 0 Å². The van der Waals surface area contributed by atoms with Gasteiger partial charge in [-0.3, -0.25) is 19.1 Å². The number of nitrogens with one attached hydrogen (secondary N) is 3. The number of nitrogen functional groups attached to an aromatic ring is 1. The summed E-state index contributed by atoms with van der Waals surface area (Å²) in [5.41, 5.74) is 4.57. The molecule has 6 atom stereocenters. The first-order chi connectivity index (χ1) is 14.6. The molecule has 19 nitrogen and oxygen atoms in total. The molecule has 1 saturated heterocycles. The van der Waals surface area contributed by atoms with Crippen LogP contribution < -0.4 is 21.9 Å². The van der Waals surface area contributed by atoms with Crippen molar-refractivity contribution in [1.82, 2.24) is 9.97 Å². The lowest BCUT2D eigenvalue weighted by Crippen LogP contribution is -2.63. The zero-order valence-electron chi connectivity index (χ0n) is 15.3. The van der Waals surface area contributed by atoms with E-state index in [0.29, 0.717) is 0 Å². The van der Waals surface area contributed by atoms with Crippen molar-refractivity contribution >= 4 is 46.7 Å². The molecule has 6 unspecified atom stereocenters. The van der Waals surface area contributed by atoms with Gasteiger partial charge >= 0.3 is 23.5 Å². The number of nitrogens with zero attached hydrogens (tertiary/aromatic N) is 1. The summed E-state index contributed by atoms with van der Waals surface area (Å²) in [4.78, 5) is 66.0. The van der Waals surface area contributed by atoms with Crippen LogP contribution in [0.3, 0.4) is 0 Å². The average Bonchev–Trinajstić information content (AvgIpc) is 2.59. The summed E-state index contributed by atoms with van der Waals surface area (Å²) in [6.45, 7) is -1.07. The Morgan fingerprint density at radius 2 is 1.72 bits per heavy atom. The summed E-state index contributed by atoms with van der Waals surface area (Å²) in [5.74, 6) is -1.27. The Hall–Kier alpha value is -1.72. The number of ketones is 1. The zero-order chi connectivity index (χ0) is 24.1. The molecule has 1 aromatic rings. The quantitative estimate of drug-likeness (QED) is 0.168. The van der Waals surface area contributed by atoms with Gasteiger partial charge in [0.15, 0.2) is 17.8 Å². The first-order valence-corrected chi connectivity index (χ1v) is 12.7. The molecule has 3 rings (SSSR count). The summed E-state index contributed by atoms with van der Waals surface area (Å²) in [6.07, 6.45) is -4.86. The van der Waals surface area contributed by atoms with Gasteiger partial charge in [-0.05, 0) is 0 Å². The van der Waals surface area contributed by atoms with Gasteiger partial charge in [-0.15, -0.1) is 0 Å². The molecule has 10 N–H and O–H groups in total. The number of phosphoric ester groups is 1. The Bertz CT molecular complexity index is 1120. The van der Waals surface area contributed by atoms with Crippen molar-refractivity contribution in [3.8, 4) is 0 Å². The molecule has 0 radical (unpaired) electrons. The average molecular weight is 523 g/mol. The molecule has 0 saturated carbocycles. The van der Waals surface area contributed by atoms with Crippen LogP contribution in [-0.2, 0) is 36.4 Å². The number of phosphoric acid groups is 3. The van der Waals surface area contributed by atoms with E-state index in [1.807, 2.05) is 0 Å². The van der Waals surface area contributed by atoms with Gasteiger partial charge in [0.05, 0.1) is 6.61 Å². The number of aromatic nitrogens is 2. The number of carbonyl (C=O) groups is 1. The van der Waals surface area contributed by atoms with Crippen molar-refractivity contribution in [3.05, 3.63) is 10.4 Å². The molecule has 0 amide bonds. The van der Waals surface area contributed by atoms with E-state index >= 15 is 0 Å². The molecule has 1 fully saturated rings. The van der Waals surface area contributed by atoms with Crippen LogP contribution >= 0.6 is 23.5 Å². The lowest BCUT2D eigenvalue weighted by atomic mass is 9.96. The van der Waals surface area contributed by atoms with Crippen LogP contribution in [0.4, 0.5) is 17.5 Å². The van der Waals surface area contributed by atoms with E-state index < -0.39 is 65.9 Å². The lowest BCUT2D eigenvalue weighted by molar-refractivity contribution is -0.161. The minimum atomic E-state index is -5.75. The number of ether oxygens (including phenoxy) is 1. The molecule has 3 heterocycles. The number of fused-ring (bicyclic) bond motifs is 2. The molecule has 32 heavy (non-hydrogen) atoms. The predicted octanol–water partition coefficient (Wildman–Crippen LogP) is -2.44. The van der Waals surface area contributed by atoms with E-state index in [-0.39, 0.29) is 17.5 Å². The summed E-state index contributed by atoms with van der Waals surface area (Å²) >= 11 is 0. The second-order valence-corrected chi connectivity index (χ2v) is 10.7. The second-order valence-electron chi connectivity index (χ2n) is 6.27. The third kappa shape index (κ3) is 5.79. The van der Waals surface area contributed by atoms with Crippen LogP contribution in [0.2, 0.25) is 0 Å². The van der Waals surface area contributed by atoms with Gasteiger partial charge in [-0.1, -0.05) is 0 Å². The van der Waals surface area contributed by atoms with Crippen LogP contribution in [-0.4, -0.2) is 71.5 Å². The minimum absolute atomic E-state index is 0.0941. The highest BCUT2D eigenvalue weighted by atomic mass is 31.3. The maximum absolute atomic E-state index is 12.5. The van der Waals surface area contributed by atoms with Crippen molar-refractivity contribution in [3.63, 3.8) is 0 Å². The van der Waals surface area contributed by atoms with Gasteiger partial charge in [0.25, 0.3) is 5.56 Å². The Morgan fingerprint density at radius 1 is 1.06 bits per heavy atom. The van der Waals surface area contributed by atoms with Gasteiger partial charge in [0.1, 0.15) is 23.9 Å². The number of aromatic amines is 1. The molecule has 2 aliphatic heterocycles. The number of anilines is 3. The summed E-state index contributed by atoms with van der Waals surface area (Å²) in [5, 5.41) is 15.2. The Balaban J connectivity index is 1.69. The number of hydrogen-bond donors (Lipinski definition) is 9. The van der Waals surface area contributed by atoms with E-state index in [4.69, 9.17) is 25.2 Å². The molecule has 22 heteroatoms. The molecule has 180 valence electrons. The fraction of sp³-hybridized carbons (Fsp3) is 0.500. The minimum Gasteiger partial charge on any atom is -0.382 e. The third-order valence-corrected chi connectivity index (χ3v) is 7.71. The number of Topliss-reactive ketones (excluding diaryl/α,β-unsaturated/α-hetero) is 1. The van der Waals surface area contributed by atoms with Crippen molar-refractivity contribution < 1.29 is 61.1 Å². The maximum atomic E-state index is 12.5. The van der Waals surface area contributed by atoms with Gasteiger partial charge in [-0.25, -0.2) is 13.7 Å². The number of rotatable bonds is 7. The molecule has 0 bridgehead atoms. The smallest absolute Gasteiger partial charge is 0.382 e. The first-order valence-electron chi connectivity index (χ1n) is 8.15. The largest absolute Gasteiger partial charge is 0.490 e. The number of nitrogens with two attached hydrogens (primary N) is 1. The van der Waals surface area contributed by atoms with E-state index in [2.05, 4.69) is 33.7 Å². The number of carbonyl (C=O) groups excluding carboxylic acids is 1. The van der Waals surface area contributed by atoms with Crippen LogP contribution in [0.5, 0.6) is 0 Å². The van der Waals surface area contributed by atoms with Crippen LogP contribution in [0.1, 0.15) is 0 Å². The van der Waals surface area contributed by atoms with E-state index in [1.54, 1.807) is 0 Å². The number of H-pyrrole nitrogens is 1. The topological polar surface area (TPSA) is 302 Å². The highest BCUT2D eigenvalue weighted by Gasteiger charge is 2.48. The van der Waals surface area contributed by atoms with E-state index in [0.717, 1.165) is 0 Å². The van der Waals surface area contributed by atoms with E-state index in [9.17, 15) is 33.3 Å². The fourth-order valence-electron chi connectivity index (χ4n) is 2.74. The Kier molecular flexibility index (Phi) is 6.67. The highest BCUT2D eigenvalue weighted by Crippen LogP contribution is 2.66. The SMILES string of the molecule is Nc1nc2c(c(=O)[nH]1)NC1C(=O)C(O)C(COP(=O)(O)OP(=O)(O)OP(=O)(O)O)OC1N2. The van der Waals surface area contributed by atoms with Crippen molar-refractivity contribution in [2.45, 2.75) is 24.5 Å². The van der Waals surface area contributed by atoms with Gasteiger partial charge in [-0.2, -0.15) is 13.6 Å². The summed E-state index contributed by atoms with van der Waals surface area (Å²) in [6, 6.07) is -1.29. The standard InChI is InChI=1S/C10H16N5O14P3/c11-10-14-7-4(8(18)15-10)12-3-6(17)5(16)2(27-9(3)13-7)1-26-31(22,23)29-32(24,25)28-30(19,20)21/h2-3,5,9,12,16H,1H2,(H,22,23)(H,24,25)(H2,19,20,21)(H4,11,13,14,15,18). The van der Waals surface area contributed by atoms with Gasteiger partial charge in [0.2, 0.25) is 5.95 Å². The van der Waals surface area contributed by atoms with Crippen LogP contribution in [0, 0.1) is 0 Å². The Morgan fingerprint density at radius 3 is 2.34 bits per heavy atom. The van der Waals surface area contributed by atoms with Crippen molar-refractivity contribution in [2.75, 3.05) is 23.0 Å². The van der Waals surface area contributed by atoms with Crippen molar-refractivity contribution in [1.29, 1.82) is 0 Å². The highest BCUT2D eigenvalue weighted by molar-refractivity contribution is 7.66. The van der Waals surface area contributed by atoms with Crippen molar-refractivity contribution in [2.24, 2.45) is 0 Å². The first kappa shape index (κ1) is 24.9. The monoisotopic (exact) mass is 523 g/mol. The second kappa shape index (κ2) is 8.57. The van der Waals surface area contributed by atoms with Crippen LogP contribution in [0.25, 0.3) is 0 Å². The van der Waals surface area contributed by atoms with Crippen LogP contribution in [0.15, 0.2) is 4.79 Å². The zero-order valence-corrected chi connectivity index (χ0v) is 18.0. The molecule has 0 spiro atoms. The molecular formula is C10H16N5O14P3. The Labute approximate surface area is 176 Å². The summed E-state index contributed by atoms with van der Waals surface area (Å²) < 4.78 is 50.6. The summed E-state index contributed by atoms with van der Waals surface area (Å²) in [7, 11) is -16.8. The third-order valence-electron chi connectivity index (χ3n) is 3.91. The van der Waals surface area contributed by atoms with Gasteiger partial charge < -0.3 is 45.8 Å². The normalized spacial score (nSPS) is 29.0. The predicted molar refractivity (Wildman–Crippen MR) is 99.8 cm³/mol. The molecular weight excluding hydrogens is 507 g/mol.